The van der Waals surface area contributed by atoms with Gasteiger partial charge in [0.2, 0.25) is 0 Å². The zero-order valence-corrected chi connectivity index (χ0v) is 7.46. The van der Waals surface area contributed by atoms with Crippen molar-refractivity contribution in [1.82, 2.24) is 4.31 Å². The Kier molecular flexibility index (Phi) is 3.02. The lowest BCUT2D eigenvalue weighted by molar-refractivity contribution is 0.0358. The van der Waals surface area contributed by atoms with Gasteiger partial charge >= 0.3 is 0 Å². The molecule has 12 heavy (non-hydrogen) atoms. The molecule has 0 radical (unpaired) electrons. The summed E-state index contributed by atoms with van der Waals surface area (Å²) in [5.74, 6) is 0. The van der Waals surface area contributed by atoms with Gasteiger partial charge in [-0.1, -0.05) is 0 Å². The minimum absolute atomic E-state index is 0.233. The van der Waals surface area contributed by atoms with Gasteiger partial charge in [-0.25, -0.2) is 5.14 Å². The second kappa shape index (κ2) is 3.67. The predicted molar refractivity (Wildman–Crippen MR) is 43.5 cm³/mol. The van der Waals surface area contributed by atoms with Gasteiger partial charge in [0.1, 0.15) is 0 Å². The predicted octanol–water partition coefficient (Wildman–Crippen LogP) is -2.15. The molecule has 1 aliphatic heterocycles. The van der Waals surface area contributed by atoms with Crippen LogP contribution in [0.3, 0.4) is 0 Å². The first-order valence-electron chi connectivity index (χ1n) is 3.63. The Balaban J connectivity index is 2.72. The van der Waals surface area contributed by atoms with Crippen molar-refractivity contribution in [2.45, 2.75) is 6.04 Å². The van der Waals surface area contributed by atoms with E-state index < -0.39 is 10.2 Å². The molecule has 1 rings (SSSR count). The molecule has 0 aromatic carbocycles. The monoisotopic (exact) mass is 195 g/mol. The summed E-state index contributed by atoms with van der Waals surface area (Å²) in [6, 6.07) is -0.311. The highest BCUT2D eigenvalue weighted by molar-refractivity contribution is 7.86. The third kappa shape index (κ3) is 2.14. The van der Waals surface area contributed by atoms with Gasteiger partial charge < -0.3 is 10.5 Å². The number of nitrogens with zero attached hydrogens (tertiary/aromatic N) is 1. The quantitative estimate of drug-likeness (QED) is 0.524. The second-order valence-electron chi connectivity index (χ2n) is 2.62. The minimum Gasteiger partial charge on any atom is -0.378 e. The molecule has 1 heterocycles. The van der Waals surface area contributed by atoms with Crippen molar-refractivity contribution in [2.24, 2.45) is 10.9 Å². The fraction of sp³-hybridized carbons (Fsp3) is 1.00. The summed E-state index contributed by atoms with van der Waals surface area (Å²) in [5, 5.41) is 4.96. The lowest BCUT2D eigenvalue weighted by Crippen LogP contribution is -2.54. The third-order valence-corrected chi connectivity index (χ3v) is 2.91. The molecule has 0 bridgehead atoms. The molecule has 4 N–H and O–H groups in total. The first-order chi connectivity index (χ1) is 5.55. The van der Waals surface area contributed by atoms with Crippen molar-refractivity contribution in [3.63, 3.8) is 0 Å². The Morgan fingerprint density at radius 1 is 1.58 bits per heavy atom. The van der Waals surface area contributed by atoms with Crippen molar-refractivity contribution in [3.05, 3.63) is 0 Å². The average Bonchev–Trinajstić information content (AvgIpc) is 2.03. The molecule has 1 fully saturated rings. The maximum absolute atomic E-state index is 10.9. The fourth-order valence-corrected chi connectivity index (χ4v) is 2.05. The summed E-state index contributed by atoms with van der Waals surface area (Å²) in [4.78, 5) is 0. The molecule has 0 aliphatic carbocycles. The summed E-state index contributed by atoms with van der Waals surface area (Å²) >= 11 is 0. The number of ether oxygens (including phenoxy) is 1. The molecule has 1 saturated heterocycles. The smallest absolute Gasteiger partial charge is 0.277 e. The van der Waals surface area contributed by atoms with Gasteiger partial charge in [0.25, 0.3) is 10.2 Å². The minimum atomic E-state index is -3.61. The summed E-state index contributed by atoms with van der Waals surface area (Å²) in [6.45, 7) is 1.23. The van der Waals surface area contributed by atoms with Gasteiger partial charge in [-0.3, -0.25) is 0 Å². The number of rotatable bonds is 2. The van der Waals surface area contributed by atoms with E-state index in [1.807, 2.05) is 0 Å². The lowest BCUT2D eigenvalue weighted by Gasteiger charge is -2.31. The summed E-state index contributed by atoms with van der Waals surface area (Å²) in [6.07, 6.45) is 0. The molecule has 1 unspecified atom stereocenters. The second-order valence-corrected chi connectivity index (χ2v) is 4.12. The van der Waals surface area contributed by atoms with E-state index in [4.69, 9.17) is 15.6 Å². The zero-order chi connectivity index (χ0) is 9.19. The molecule has 0 aromatic rings. The molecule has 0 aromatic heterocycles. The van der Waals surface area contributed by atoms with Crippen LogP contribution in [0.2, 0.25) is 0 Å². The number of hydrogen-bond donors (Lipinski definition) is 2. The standard InChI is InChI=1S/C5H13N3O3S/c6-3-5-4-11-2-1-8(5)12(7,9)10/h5H,1-4,6H2,(H2,7,9,10). The highest BCUT2D eigenvalue weighted by Gasteiger charge is 2.29. The number of nitrogens with two attached hydrogens (primary N) is 2. The van der Waals surface area contributed by atoms with Crippen LogP contribution in [0.1, 0.15) is 0 Å². The maximum Gasteiger partial charge on any atom is 0.277 e. The van der Waals surface area contributed by atoms with Gasteiger partial charge in [0.05, 0.1) is 19.3 Å². The fourth-order valence-electron chi connectivity index (χ4n) is 1.16. The van der Waals surface area contributed by atoms with E-state index in [-0.39, 0.29) is 12.6 Å². The SMILES string of the molecule is NCC1COCCN1S(N)(=O)=O. The topological polar surface area (TPSA) is 98.7 Å². The third-order valence-electron chi connectivity index (χ3n) is 1.77. The Bertz CT molecular complexity index is 240. The highest BCUT2D eigenvalue weighted by atomic mass is 32.2. The molecule has 0 spiro atoms. The van der Waals surface area contributed by atoms with Gasteiger partial charge in [-0.15, -0.1) is 0 Å². The maximum atomic E-state index is 10.9. The molecular weight excluding hydrogens is 182 g/mol. The molecule has 6 nitrogen and oxygen atoms in total. The number of hydrogen-bond acceptors (Lipinski definition) is 4. The van der Waals surface area contributed by atoms with Gasteiger partial charge in [0, 0.05) is 13.1 Å². The van der Waals surface area contributed by atoms with Gasteiger partial charge in [0.15, 0.2) is 0 Å². The first kappa shape index (κ1) is 9.87. The molecular formula is C5H13N3O3S. The molecule has 1 aliphatic rings. The van der Waals surface area contributed by atoms with Crippen LogP contribution in [0, 0.1) is 0 Å². The molecule has 72 valence electrons. The van der Waals surface area contributed by atoms with Crippen LogP contribution in [0.5, 0.6) is 0 Å². The van der Waals surface area contributed by atoms with Crippen LogP contribution in [0.15, 0.2) is 0 Å². The lowest BCUT2D eigenvalue weighted by atomic mass is 10.3. The zero-order valence-electron chi connectivity index (χ0n) is 6.64. The van der Waals surface area contributed by atoms with E-state index in [0.29, 0.717) is 19.8 Å². The molecule has 0 amide bonds. The van der Waals surface area contributed by atoms with Crippen LogP contribution >= 0.6 is 0 Å². The van der Waals surface area contributed by atoms with Gasteiger partial charge in [-0.2, -0.15) is 12.7 Å². The van der Waals surface area contributed by atoms with Crippen LogP contribution in [-0.4, -0.2) is 45.1 Å². The van der Waals surface area contributed by atoms with Crippen LogP contribution in [0.25, 0.3) is 0 Å². The van der Waals surface area contributed by atoms with Crippen LogP contribution < -0.4 is 10.9 Å². The highest BCUT2D eigenvalue weighted by Crippen LogP contribution is 2.07. The molecule has 7 heteroatoms. The van der Waals surface area contributed by atoms with E-state index >= 15 is 0 Å². The summed E-state index contributed by atoms with van der Waals surface area (Å²) in [5.41, 5.74) is 5.35. The Morgan fingerprint density at radius 3 is 2.67 bits per heavy atom. The Labute approximate surface area is 71.6 Å². The van der Waals surface area contributed by atoms with Crippen molar-refractivity contribution >= 4 is 10.2 Å². The van der Waals surface area contributed by atoms with E-state index in [1.165, 1.54) is 4.31 Å². The van der Waals surface area contributed by atoms with Crippen LogP contribution in [0.4, 0.5) is 0 Å². The summed E-state index contributed by atoms with van der Waals surface area (Å²) < 4.78 is 28.1. The van der Waals surface area contributed by atoms with E-state index in [1.54, 1.807) is 0 Å². The van der Waals surface area contributed by atoms with Crippen molar-refractivity contribution in [1.29, 1.82) is 0 Å². The van der Waals surface area contributed by atoms with Crippen LogP contribution in [-0.2, 0) is 14.9 Å². The summed E-state index contributed by atoms with van der Waals surface area (Å²) in [7, 11) is -3.61. The number of morpholine rings is 1. The van der Waals surface area contributed by atoms with Gasteiger partial charge in [-0.05, 0) is 0 Å². The van der Waals surface area contributed by atoms with E-state index in [0.717, 1.165) is 0 Å². The van der Waals surface area contributed by atoms with Crippen molar-refractivity contribution in [3.8, 4) is 0 Å². The van der Waals surface area contributed by atoms with Crippen molar-refractivity contribution in [2.75, 3.05) is 26.3 Å². The average molecular weight is 195 g/mol. The normalized spacial score (nSPS) is 27.3. The van der Waals surface area contributed by atoms with E-state index in [9.17, 15) is 8.42 Å². The molecule has 0 saturated carbocycles. The van der Waals surface area contributed by atoms with Crippen molar-refractivity contribution < 1.29 is 13.2 Å². The largest absolute Gasteiger partial charge is 0.378 e. The first-order valence-corrected chi connectivity index (χ1v) is 5.13. The Hall–Kier alpha value is -0.210. The Morgan fingerprint density at radius 2 is 2.25 bits per heavy atom. The van der Waals surface area contributed by atoms with E-state index in [2.05, 4.69) is 0 Å². The molecule has 1 atom stereocenters.